The SMILES string of the molecule is O=C(NCC(=O)N1CCc2ccccc2C1)c1ccc(Oc2ccc(F)c(F)c2)cc1. The van der Waals surface area contributed by atoms with Gasteiger partial charge in [0.1, 0.15) is 11.5 Å². The number of carbonyl (C=O) groups excluding carboxylic acids is 2. The van der Waals surface area contributed by atoms with E-state index in [1.807, 2.05) is 18.2 Å². The first kappa shape index (κ1) is 20.5. The molecule has 0 aromatic heterocycles. The van der Waals surface area contributed by atoms with Crippen molar-refractivity contribution in [2.75, 3.05) is 13.1 Å². The number of nitrogens with zero attached hydrogens (tertiary/aromatic N) is 1. The molecule has 1 N–H and O–H groups in total. The minimum absolute atomic E-state index is 0.0892. The van der Waals surface area contributed by atoms with E-state index in [1.165, 1.54) is 23.8 Å². The molecule has 0 aliphatic carbocycles. The highest BCUT2D eigenvalue weighted by atomic mass is 19.2. The van der Waals surface area contributed by atoms with Crippen LogP contribution in [0.25, 0.3) is 0 Å². The van der Waals surface area contributed by atoms with Gasteiger partial charge in [-0.05, 0) is 53.9 Å². The molecule has 4 rings (SSSR count). The Labute approximate surface area is 178 Å². The molecule has 3 aromatic carbocycles. The molecule has 0 bridgehead atoms. The molecule has 1 aliphatic heterocycles. The maximum absolute atomic E-state index is 13.3. The van der Waals surface area contributed by atoms with Gasteiger partial charge in [0.15, 0.2) is 11.6 Å². The highest BCUT2D eigenvalue weighted by Gasteiger charge is 2.20. The number of rotatable bonds is 5. The van der Waals surface area contributed by atoms with Crippen molar-refractivity contribution in [2.45, 2.75) is 13.0 Å². The van der Waals surface area contributed by atoms with E-state index in [0.717, 1.165) is 24.1 Å². The summed E-state index contributed by atoms with van der Waals surface area (Å²) in [4.78, 5) is 26.6. The summed E-state index contributed by atoms with van der Waals surface area (Å²) >= 11 is 0. The second-order valence-electron chi connectivity index (χ2n) is 7.22. The summed E-state index contributed by atoms with van der Waals surface area (Å²) in [5, 5.41) is 2.64. The molecule has 31 heavy (non-hydrogen) atoms. The van der Waals surface area contributed by atoms with E-state index >= 15 is 0 Å². The zero-order valence-electron chi connectivity index (χ0n) is 16.6. The fourth-order valence-electron chi connectivity index (χ4n) is 3.43. The Balaban J connectivity index is 1.30. The van der Waals surface area contributed by atoms with Gasteiger partial charge in [-0.25, -0.2) is 8.78 Å². The van der Waals surface area contributed by atoms with Gasteiger partial charge in [-0.2, -0.15) is 0 Å². The minimum atomic E-state index is -1.00. The number of hydrogen-bond donors (Lipinski definition) is 1. The van der Waals surface area contributed by atoms with Gasteiger partial charge in [0.25, 0.3) is 5.91 Å². The van der Waals surface area contributed by atoms with Gasteiger partial charge in [-0.1, -0.05) is 24.3 Å². The summed E-state index contributed by atoms with van der Waals surface area (Å²) in [6.07, 6.45) is 0.801. The molecule has 0 radical (unpaired) electrons. The lowest BCUT2D eigenvalue weighted by atomic mass is 10.00. The van der Waals surface area contributed by atoms with E-state index < -0.39 is 11.6 Å². The maximum atomic E-state index is 13.3. The molecular weight excluding hydrogens is 402 g/mol. The van der Waals surface area contributed by atoms with Crippen LogP contribution in [0.3, 0.4) is 0 Å². The number of benzene rings is 3. The zero-order valence-corrected chi connectivity index (χ0v) is 16.6. The van der Waals surface area contributed by atoms with Gasteiger partial charge >= 0.3 is 0 Å². The molecule has 7 heteroatoms. The molecule has 0 saturated heterocycles. The van der Waals surface area contributed by atoms with Gasteiger partial charge < -0.3 is 15.0 Å². The summed E-state index contributed by atoms with van der Waals surface area (Å²) < 4.78 is 31.7. The van der Waals surface area contributed by atoms with Crippen LogP contribution < -0.4 is 10.1 Å². The topological polar surface area (TPSA) is 58.6 Å². The van der Waals surface area contributed by atoms with E-state index in [-0.39, 0.29) is 24.1 Å². The first-order chi connectivity index (χ1) is 15.0. The number of hydrogen-bond acceptors (Lipinski definition) is 3. The van der Waals surface area contributed by atoms with Gasteiger partial charge in [0.2, 0.25) is 5.91 Å². The van der Waals surface area contributed by atoms with E-state index in [0.29, 0.717) is 24.4 Å². The third kappa shape index (κ3) is 4.88. The van der Waals surface area contributed by atoms with Crippen molar-refractivity contribution in [3.8, 4) is 11.5 Å². The highest BCUT2D eigenvalue weighted by molar-refractivity contribution is 5.96. The van der Waals surface area contributed by atoms with Gasteiger partial charge in [0, 0.05) is 24.7 Å². The van der Waals surface area contributed by atoms with Crippen LogP contribution in [0.1, 0.15) is 21.5 Å². The third-order valence-electron chi connectivity index (χ3n) is 5.13. The Morgan fingerprint density at radius 3 is 2.35 bits per heavy atom. The van der Waals surface area contributed by atoms with Crippen LogP contribution in [0.2, 0.25) is 0 Å². The third-order valence-corrected chi connectivity index (χ3v) is 5.13. The maximum Gasteiger partial charge on any atom is 0.251 e. The molecule has 0 unspecified atom stereocenters. The average molecular weight is 422 g/mol. The van der Waals surface area contributed by atoms with Gasteiger partial charge in [-0.15, -0.1) is 0 Å². The second-order valence-corrected chi connectivity index (χ2v) is 7.22. The molecule has 3 aromatic rings. The molecule has 5 nitrogen and oxygen atoms in total. The minimum Gasteiger partial charge on any atom is -0.457 e. The van der Waals surface area contributed by atoms with E-state index in [4.69, 9.17) is 4.74 Å². The molecule has 0 spiro atoms. The fraction of sp³-hybridized carbons (Fsp3) is 0.167. The van der Waals surface area contributed by atoms with Gasteiger partial charge in [0.05, 0.1) is 6.54 Å². The van der Waals surface area contributed by atoms with Crippen molar-refractivity contribution >= 4 is 11.8 Å². The number of ether oxygens (including phenoxy) is 1. The number of fused-ring (bicyclic) bond motifs is 1. The molecule has 158 valence electrons. The molecule has 0 atom stereocenters. The van der Waals surface area contributed by atoms with Crippen molar-refractivity contribution in [3.63, 3.8) is 0 Å². The van der Waals surface area contributed by atoms with Crippen molar-refractivity contribution in [1.29, 1.82) is 0 Å². The van der Waals surface area contributed by atoms with Crippen LogP contribution in [0, 0.1) is 11.6 Å². The standard InChI is InChI=1S/C24H20F2N2O3/c25-21-10-9-20(13-22(21)26)31-19-7-5-17(6-8-19)24(30)27-14-23(29)28-12-11-16-3-1-2-4-18(16)15-28/h1-10,13H,11-12,14-15H2,(H,27,30). The fourth-order valence-corrected chi connectivity index (χ4v) is 3.43. The number of halogens is 2. The Morgan fingerprint density at radius 1 is 0.903 bits per heavy atom. The summed E-state index contributed by atoms with van der Waals surface area (Å²) in [5.41, 5.74) is 2.74. The van der Waals surface area contributed by atoms with Crippen molar-refractivity contribution in [2.24, 2.45) is 0 Å². The molecule has 0 saturated carbocycles. The Morgan fingerprint density at radius 2 is 1.61 bits per heavy atom. The molecule has 1 aliphatic rings. The summed E-state index contributed by atoms with van der Waals surface area (Å²) in [6.45, 7) is 1.08. The van der Waals surface area contributed by atoms with Crippen LogP contribution >= 0.6 is 0 Å². The van der Waals surface area contributed by atoms with Crippen LogP contribution in [0.4, 0.5) is 8.78 Å². The average Bonchev–Trinajstić information content (AvgIpc) is 2.80. The molecule has 0 fully saturated rings. The summed E-state index contributed by atoms with van der Waals surface area (Å²) in [6, 6.07) is 17.4. The van der Waals surface area contributed by atoms with E-state index in [9.17, 15) is 18.4 Å². The van der Waals surface area contributed by atoms with Crippen molar-refractivity contribution in [1.82, 2.24) is 10.2 Å². The van der Waals surface area contributed by atoms with E-state index in [1.54, 1.807) is 17.0 Å². The number of amides is 2. The molecule has 2 amide bonds. The largest absolute Gasteiger partial charge is 0.457 e. The highest BCUT2D eigenvalue weighted by Crippen LogP contribution is 2.23. The van der Waals surface area contributed by atoms with Crippen molar-refractivity contribution in [3.05, 3.63) is 95.1 Å². The van der Waals surface area contributed by atoms with Crippen molar-refractivity contribution < 1.29 is 23.1 Å². The number of carbonyl (C=O) groups is 2. The van der Waals surface area contributed by atoms with Gasteiger partial charge in [-0.3, -0.25) is 9.59 Å². The Kier molecular flexibility index (Phi) is 5.93. The van der Waals surface area contributed by atoms with Crippen LogP contribution in [0.15, 0.2) is 66.7 Å². The normalized spacial score (nSPS) is 12.8. The first-order valence-corrected chi connectivity index (χ1v) is 9.85. The van der Waals surface area contributed by atoms with Crippen LogP contribution in [0.5, 0.6) is 11.5 Å². The zero-order chi connectivity index (χ0) is 21.8. The lowest BCUT2D eigenvalue weighted by molar-refractivity contribution is -0.131. The lowest BCUT2D eigenvalue weighted by Crippen LogP contribution is -2.42. The second kappa shape index (κ2) is 8.95. The smallest absolute Gasteiger partial charge is 0.251 e. The molecule has 1 heterocycles. The van der Waals surface area contributed by atoms with Crippen LogP contribution in [-0.2, 0) is 17.8 Å². The Hall–Kier alpha value is -3.74. The lowest BCUT2D eigenvalue weighted by Gasteiger charge is -2.29. The number of nitrogens with one attached hydrogen (secondary N) is 1. The Bertz CT molecular complexity index is 1120. The molecular formula is C24H20F2N2O3. The van der Waals surface area contributed by atoms with Crippen LogP contribution in [-0.4, -0.2) is 29.8 Å². The predicted octanol–water partition coefficient (Wildman–Crippen LogP) is 4.07. The quantitative estimate of drug-likeness (QED) is 0.674. The summed E-state index contributed by atoms with van der Waals surface area (Å²) in [7, 11) is 0. The van der Waals surface area contributed by atoms with E-state index in [2.05, 4.69) is 11.4 Å². The summed E-state index contributed by atoms with van der Waals surface area (Å²) in [5.74, 6) is -1.97. The monoisotopic (exact) mass is 422 g/mol. The first-order valence-electron chi connectivity index (χ1n) is 9.85. The predicted molar refractivity (Wildman–Crippen MR) is 111 cm³/mol.